The molecule has 28 heavy (non-hydrogen) atoms. The average molecular weight is 401 g/mol. The van der Waals surface area contributed by atoms with Gasteiger partial charge in [0.05, 0.1) is 28.7 Å². The first kappa shape index (κ1) is 19.5. The van der Waals surface area contributed by atoms with E-state index in [2.05, 4.69) is 26.8 Å². The zero-order valence-electron chi connectivity index (χ0n) is 16.2. The van der Waals surface area contributed by atoms with Gasteiger partial charge in [0.2, 0.25) is 5.91 Å². The Hall–Kier alpha value is -1.77. The first-order valence-corrected chi connectivity index (χ1v) is 10.6. The Balaban J connectivity index is 1.52. The second-order valence-corrected chi connectivity index (χ2v) is 8.82. The maximum Gasteiger partial charge on any atom is 0.230 e. The molecule has 1 spiro atoms. The van der Waals surface area contributed by atoms with Crippen LogP contribution in [0.25, 0.3) is 0 Å². The van der Waals surface area contributed by atoms with Gasteiger partial charge in [0.1, 0.15) is 5.82 Å². The fourth-order valence-corrected chi connectivity index (χ4v) is 5.31. The van der Waals surface area contributed by atoms with Crippen molar-refractivity contribution in [1.82, 2.24) is 9.88 Å². The molecular weight excluding hydrogens is 374 g/mol. The summed E-state index contributed by atoms with van der Waals surface area (Å²) in [5.41, 5.74) is 0.368. The molecule has 1 aliphatic carbocycles. The molecule has 1 aromatic heterocycles. The van der Waals surface area contributed by atoms with Crippen molar-refractivity contribution in [3.05, 3.63) is 22.8 Å². The van der Waals surface area contributed by atoms with Crippen LogP contribution in [0.3, 0.4) is 0 Å². The van der Waals surface area contributed by atoms with Crippen LogP contribution < -0.4 is 4.90 Å². The number of carbonyl (C=O) groups is 1. The first-order chi connectivity index (χ1) is 13.5. The largest absolute Gasteiger partial charge is 0.393 e. The van der Waals surface area contributed by atoms with Gasteiger partial charge in [0.15, 0.2) is 0 Å². The van der Waals surface area contributed by atoms with E-state index >= 15 is 0 Å². The fourth-order valence-electron chi connectivity index (χ4n) is 5.09. The van der Waals surface area contributed by atoms with Crippen molar-refractivity contribution >= 4 is 23.3 Å². The van der Waals surface area contributed by atoms with Crippen LogP contribution in [-0.4, -0.2) is 52.7 Å². The van der Waals surface area contributed by atoms with Crippen LogP contribution in [0.1, 0.15) is 50.6 Å². The van der Waals surface area contributed by atoms with Crippen molar-refractivity contribution in [2.45, 2.75) is 63.5 Å². The van der Waals surface area contributed by atoms with E-state index in [1.165, 1.54) is 0 Å². The maximum atomic E-state index is 13.4. The predicted molar refractivity (Wildman–Crippen MR) is 109 cm³/mol. The minimum atomic E-state index is -0.342. The highest BCUT2D eigenvalue weighted by Gasteiger charge is 2.51. The Labute approximate surface area is 172 Å². The lowest BCUT2D eigenvalue weighted by atomic mass is 9.78. The van der Waals surface area contributed by atoms with Gasteiger partial charge < -0.3 is 14.9 Å². The fraction of sp³-hybridized carbons (Fsp3) is 0.636. The van der Waals surface area contributed by atoms with Crippen molar-refractivity contribution in [2.24, 2.45) is 5.41 Å². The Morgan fingerprint density at radius 2 is 2.11 bits per heavy atom. The average Bonchev–Trinajstić information content (AvgIpc) is 3.00. The van der Waals surface area contributed by atoms with Gasteiger partial charge in [-0.3, -0.25) is 4.79 Å². The van der Waals surface area contributed by atoms with E-state index in [9.17, 15) is 9.90 Å². The molecule has 4 rings (SSSR count). The summed E-state index contributed by atoms with van der Waals surface area (Å²) in [5.74, 6) is 3.60. The third-order valence-electron chi connectivity index (χ3n) is 6.62. The second kappa shape index (κ2) is 7.93. The van der Waals surface area contributed by atoms with Crippen molar-refractivity contribution in [3.63, 3.8) is 0 Å². The van der Waals surface area contributed by atoms with E-state index in [4.69, 9.17) is 18.0 Å². The van der Waals surface area contributed by atoms with Crippen molar-refractivity contribution in [3.8, 4) is 12.3 Å². The smallest absolute Gasteiger partial charge is 0.230 e. The molecule has 1 N–H and O–H groups in total. The molecule has 3 fully saturated rings. The summed E-state index contributed by atoms with van der Waals surface area (Å²) in [6.07, 6.45) is 11.8. The molecular formula is C22H27ClN3O2. The van der Waals surface area contributed by atoms with E-state index in [-0.39, 0.29) is 23.5 Å². The van der Waals surface area contributed by atoms with Gasteiger partial charge in [-0.2, -0.15) is 0 Å². The quantitative estimate of drug-likeness (QED) is 0.793. The number of nitrogens with zero attached hydrogens (tertiary/aromatic N) is 3. The van der Waals surface area contributed by atoms with Crippen molar-refractivity contribution in [2.75, 3.05) is 24.5 Å². The molecule has 0 unspecified atom stereocenters. The summed E-state index contributed by atoms with van der Waals surface area (Å²) < 4.78 is 0. The summed E-state index contributed by atoms with van der Waals surface area (Å²) in [6.45, 7) is 2.32. The molecule has 2 saturated heterocycles. The number of aliphatic hydroxyl groups excluding tert-OH is 1. The van der Waals surface area contributed by atoms with Gasteiger partial charge in [-0.25, -0.2) is 4.98 Å². The lowest BCUT2D eigenvalue weighted by Crippen LogP contribution is -2.50. The summed E-state index contributed by atoms with van der Waals surface area (Å²) in [4.78, 5) is 22.3. The molecule has 2 aliphatic heterocycles. The molecule has 3 heterocycles. The Morgan fingerprint density at radius 3 is 2.86 bits per heavy atom. The number of hydrogen-bond acceptors (Lipinski definition) is 4. The summed E-state index contributed by atoms with van der Waals surface area (Å²) in [5, 5.41) is 10.3. The van der Waals surface area contributed by atoms with Gasteiger partial charge in [-0.1, -0.05) is 11.6 Å². The standard InChI is InChI=1S/C22H27ClN3O2/c1-2-4-16-5-10-19(23)20(24-16)25-13-3-11-22(15-25)12-14-26(21(22)28)17-6-8-18(27)9-7-17/h1,10,17-18,27H,3-4,6-9,11-15H2/t17-,18+,22-/m1/s1. The molecule has 3 aliphatic rings. The SMILES string of the molecule is C#CCc1[c]cc(Cl)c(N2CCC[C@@]3(CCN([C@H]4CC[C@@H](O)CC4)C3=O)C2)n1. The lowest BCUT2D eigenvalue weighted by molar-refractivity contribution is -0.139. The lowest BCUT2D eigenvalue weighted by Gasteiger charge is -2.41. The maximum absolute atomic E-state index is 13.4. The number of amides is 1. The molecule has 1 atom stereocenters. The van der Waals surface area contributed by atoms with Crippen molar-refractivity contribution < 1.29 is 9.90 Å². The molecule has 5 nitrogen and oxygen atoms in total. The topological polar surface area (TPSA) is 56.7 Å². The number of rotatable bonds is 3. The number of aromatic nitrogens is 1. The van der Waals surface area contributed by atoms with E-state index in [0.717, 1.165) is 63.9 Å². The van der Waals surface area contributed by atoms with E-state index in [1.807, 2.05) is 0 Å². The highest BCUT2D eigenvalue weighted by molar-refractivity contribution is 6.32. The Morgan fingerprint density at radius 1 is 1.32 bits per heavy atom. The number of hydrogen-bond donors (Lipinski definition) is 1. The minimum absolute atomic E-state index is 0.201. The van der Waals surface area contributed by atoms with Crippen LogP contribution in [-0.2, 0) is 11.2 Å². The molecule has 6 heteroatoms. The van der Waals surface area contributed by atoms with Gasteiger partial charge in [0, 0.05) is 31.7 Å². The minimum Gasteiger partial charge on any atom is -0.393 e. The molecule has 0 aromatic carbocycles. The number of halogens is 1. The number of terminal acetylenes is 1. The van der Waals surface area contributed by atoms with Crippen LogP contribution in [0.15, 0.2) is 6.07 Å². The van der Waals surface area contributed by atoms with Crippen LogP contribution in [0.5, 0.6) is 0 Å². The van der Waals surface area contributed by atoms with Gasteiger partial charge >= 0.3 is 0 Å². The number of likely N-dealkylation sites (tertiary alicyclic amines) is 1. The first-order valence-electron chi connectivity index (χ1n) is 10.3. The molecule has 1 aromatic rings. The number of carbonyl (C=O) groups excluding carboxylic acids is 1. The third-order valence-corrected chi connectivity index (χ3v) is 6.90. The van der Waals surface area contributed by atoms with E-state index in [0.29, 0.717) is 23.7 Å². The molecule has 1 amide bonds. The predicted octanol–water partition coefficient (Wildman–Crippen LogP) is 2.83. The van der Waals surface area contributed by atoms with Crippen LogP contribution in [0.4, 0.5) is 5.82 Å². The van der Waals surface area contributed by atoms with Crippen molar-refractivity contribution in [1.29, 1.82) is 0 Å². The highest BCUT2D eigenvalue weighted by Crippen LogP contribution is 2.44. The zero-order valence-corrected chi connectivity index (χ0v) is 16.9. The Kier molecular flexibility index (Phi) is 5.53. The van der Waals surface area contributed by atoms with Gasteiger partial charge in [0.25, 0.3) is 0 Å². The molecule has 0 bridgehead atoms. The zero-order chi connectivity index (χ0) is 19.7. The highest BCUT2D eigenvalue weighted by atomic mass is 35.5. The van der Waals surface area contributed by atoms with E-state index in [1.54, 1.807) is 6.07 Å². The second-order valence-electron chi connectivity index (χ2n) is 8.42. The van der Waals surface area contributed by atoms with Gasteiger partial charge in [-0.05, 0) is 51.0 Å². The number of piperidine rings is 1. The number of aliphatic hydroxyl groups is 1. The number of anilines is 1. The van der Waals surface area contributed by atoms with E-state index < -0.39 is 0 Å². The summed E-state index contributed by atoms with van der Waals surface area (Å²) in [7, 11) is 0. The van der Waals surface area contributed by atoms with Crippen LogP contribution in [0, 0.1) is 23.8 Å². The normalized spacial score (nSPS) is 30.7. The molecule has 1 saturated carbocycles. The summed E-state index contributed by atoms with van der Waals surface area (Å²) in [6, 6.07) is 5.04. The van der Waals surface area contributed by atoms with Gasteiger partial charge in [-0.15, -0.1) is 12.3 Å². The van der Waals surface area contributed by atoms with Crippen LogP contribution in [0.2, 0.25) is 5.02 Å². The van der Waals surface area contributed by atoms with Crippen LogP contribution >= 0.6 is 11.6 Å². The molecule has 149 valence electrons. The molecule has 1 radical (unpaired) electrons. The number of pyridine rings is 1. The Bertz CT molecular complexity index is 784. The third kappa shape index (κ3) is 3.60. The monoisotopic (exact) mass is 400 g/mol. The summed E-state index contributed by atoms with van der Waals surface area (Å²) >= 11 is 6.42.